The average Bonchev–Trinajstić information content (AvgIpc) is 2.96. The van der Waals surface area contributed by atoms with Crippen molar-refractivity contribution in [3.05, 3.63) is 18.3 Å². The fourth-order valence-electron chi connectivity index (χ4n) is 2.84. The Kier molecular flexibility index (Phi) is 4.29. The molecule has 2 aliphatic rings. The van der Waals surface area contributed by atoms with Gasteiger partial charge in [-0.05, 0) is 12.1 Å². The van der Waals surface area contributed by atoms with Crippen LogP contribution >= 0.6 is 0 Å². The lowest BCUT2D eigenvalue weighted by atomic mass is 9.96. The number of anilines is 2. The van der Waals surface area contributed by atoms with E-state index in [1.165, 1.54) is 0 Å². The number of hydrogen-bond acceptors (Lipinski definition) is 5. The lowest BCUT2D eigenvalue weighted by Gasteiger charge is -2.38. The number of rotatable bonds is 2. The molecule has 6 heteroatoms. The SMILES string of the molecule is CC(C)(C)C(=O)Nc1ccc(N2CCC3(CC2)OCCO3)cn1. The minimum atomic E-state index is -0.428. The van der Waals surface area contributed by atoms with Crippen molar-refractivity contribution in [3.8, 4) is 0 Å². The van der Waals surface area contributed by atoms with Gasteiger partial charge in [0, 0.05) is 31.3 Å². The standard InChI is InChI=1S/C17H25N3O3/c1-16(2,3)15(21)19-14-5-4-13(12-18-14)20-8-6-17(7-9-20)22-10-11-23-17/h4-5,12H,6-11H2,1-3H3,(H,18,19,21). The van der Waals surface area contributed by atoms with Crippen molar-refractivity contribution < 1.29 is 14.3 Å². The van der Waals surface area contributed by atoms with Gasteiger partial charge in [0.15, 0.2) is 5.79 Å². The molecule has 0 radical (unpaired) electrons. The smallest absolute Gasteiger partial charge is 0.230 e. The predicted octanol–water partition coefficient (Wildman–Crippen LogP) is 2.41. The van der Waals surface area contributed by atoms with Crippen molar-refractivity contribution in [1.82, 2.24) is 4.98 Å². The van der Waals surface area contributed by atoms with Crippen LogP contribution in [0.15, 0.2) is 18.3 Å². The maximum absolute atomic E-state index is 12.0. The first-order chi connectivity index (χ1) is 10.9. The third-order valence-corrected chi connectivity index (χ3v) is 4.37. The van der Waals surface area contributed by atoms with E-state index in [2.05, 4.69) is 15.2 Å². The third-order valence-electron chi connectivity index (χ3n) is 4.37. The highest BCUT2D eigenvalue weighted by Gasteiger charge is 2.39. The fourth-order valence-corrected chi connectivity index (χ4v) is 2.84. The normalized spacial score (nSPS) is 20.7. The van der Waals surface area contributed by atoms with E-state index in [1.54, 1.807) is 0 Å². The van der Waals surface area contributed by atoms with Gasteiger partial charge in [-0.1, -0.05) is 20.8 Å². The first-order valence-electron chi connectivity index (χ1n) is 8.18. The number of pyridine rings is 1. The molecule has 3 rings (SSSR count). The van der Waals surface area contributed by atoms with Crippen LogP contribution in [-0.2, 0) is 14.3 Å². The first-order valence-corrected chi connectivity index (χ1v) is 8.18. The van der Waals surface area contributed by atoms with E-state index in [-0.39, 0.29) is 11.7 Å². The molecule has 2 saturated heterocycles. The molecule has 0 aliphatic carbocycles. The lowest BCUT2D eigenvalue weighted by molar-refractivity contribution is -0.169. The second-order valence-corrected chi connectivity index (χ2v) is 7.20. The zero-order valence-electron chi connectivity index (χ0n) is 14.1. The van der Waals surface area contributed by atoms with Gasteiger partial charge in [0.05, 0.1) is 25.1 Å². The van der Waals surface area contributed by atoms with Crippen LogP contribution in [0.3, 0.4) is 0 Å². The number of piperidine rings is 1. The van der Waals surface area contributed by atoms with E-state index in [0.717, 1.165) is 31.6 Å². The number of hydrogen-bond donors (Lipinski definition) is 1. The second-order valence-electron chi connectivity index (χ2n) is 7.20. The summed E-state index contributed by atoms with van der Waals surface area (Å²) in [6.07, 6.45) is 3.55. The van der Waals surface area contributed by atoms with Crippen LogP contribution in [0, 0.1) is 5.41 Å². The van der Waals surface area contributed by atoms with Gasteiger partial charge >= 0.3 is 0 Å². The Hall–Kier alpha value is -1.66. The van der Waals surface area contributed by atoms with Crippen LogP contribution in [-0.4, -0.2) is 43.0 Å². The van der Waals surface area contributed by atoms with Crippen LogP contribution in [0.25, 0.3) is 0 Å². The van der Waals surface area contributed by atoms with Gasteiger partial charge in [-0.3, -0.25) is 4.79 Å². The quantitative estimate of drug-likeness (QED) is 0.907. The van der Waals surface area contributed by atoms with Gasteiger partial charge in [-0.25, -0.2) is 4.98 Å². The van der Waals surface area contributed by atoms with E-state index >= 15 is 0 Å². The summed E-state index contributed by atoms with van der Waals surface area (Å²) in [4.78, 5) is 18.6. The van der Waals surface area contributed by atoms with Gasteiger partial charge in [0.1, 0.15) is 5.82 Å². The van der Waals surface area contributed by atoms with Crippen LogP contribution in [0.5, 0.6) is 0 Å². The minimum absolute atomic E-state index is 0.0341. The zero-order chi connectivity index (χ0) is 16.5. The summed E-state index contributed by atoms with van der Waals surface area (Å²) in [5, 5.41) is 2.84. The molecule has 126 valence electrons. The Morgan fingerprint density at radius 2 is 1.87 bits per heavy atom. The molecule has 6 nitrogen and oxygen atoms in total. The second kappa shape index (κ2) is 6.09. The molecule has 0 saturated carbocycles. The Bertz CT molecular complexity index is 549. The highest BCUT2D eigenvalue weighted by molar-refractivity contribution is 5.93. The molecule has 1 amide bonds. The van der Waals surface area contributed by atoms with Crippen molar-refractivity contribution in [1.29, 1.82) is 0 Å². The Balaban J connectivity index is 1.59. The largest absolute Gasteiger partial charge is 0.370 e. The van der Waals surface area contributed by atoms with Gasteiger partial charge in [-0.2, -0.15) is 0 Å². The lowest BCUT2D eigenvalue weighted by Crippen LogP contribution is -2.45. The van der Waals surface area contributed by atoms with Crippen LogP contribution < -0.4 is 10.2 Å². The zero-order valence-corrected chi connectivity index (χ0v) is 14.1. The average molecular weight is 319 g/mol. The van der Waals surface area contributed by atoms with Gasteiger partial charge in [0.2, 0.25) is 5.91 Å². The highest BCUT2D eigenvalue weighted by Crippen LogP contribution is 2.33. The summed E-state index contributed by atoms with van der Waals surface area (Å²) >= 11 is 0. The number of aromatic nitrogens is 1. The molecular weight excluding hydrogens is 294 g/mol. The Morgan fingerprint density at radius 3 is 2.39 bits per heavy atom. The van der Waals surface area contributed by atoms with E-state index in [1.807, 2.05) is 39.1 Å². The van der Waals surface area contributed by atoms with Crippen LogP contribution in [0.2, 0.25) is 0 Å². The first kappa shape index (κ1) is 16.2. The Labute approximate surface area is 137 Å². The predicted molar refractivity (Wildman–Crippen MR) is 88.4 cm³/mol. The van der Waals surface area contributed by atoms with Crippen molar-refractivity contribution in [2.24, 2.45) is 5.41 Å². The number of amides is 1. The van der Waals surface area contributed by atoms with E-state index < -0.39 is 5.41 Å². The maximum Gasteiger partial charge on any atom is 0.230 e. The molecule has 3 heterocycles. The summed E-state index contributed by atoms with van der Waals surface area (Å²) in [5.74, 6) is 0.197. The van der Waals surface area contributed by atoms with Gasteiger partial charge in [-0.15, -0.1) is 0 Å². The summed E-state index contributed by atoms with van der Waals surface area (Å²) < 4.78 is 11.5. The molecule has 23 heavy (non-hydrogen) atoms. The molecule has 0 atom stereocenters. The molecule has 1 N–H and O–H groups in total. The van der Waals surface area contributed by atoms with Gasteiger partial charge < -0.3 is 19.7 Å². The highest BCUT2D eigenvalue weighted by atomic mass is 16.7. The van der Waals surface area contributed by atoms with Crippen LogP contribution in [0.4, 0.5) is 11.5 Å². The molecular formula is C17H25N3O3. The molecule has 1 aromatic heterocycles. The summed E-state index contributed by atoms with van der Waals surface area (Å²) in [6.45, 7) is 8.81. The van der Waals surface area contributed by atoms with Crippen LogP contribution in [0.1, 0.15) is 33.6 Å². The molecule has 2 aliphatic heterocycles. The number of nitrogens with one attached hydrogen (secondary N) is 1. The molecule has 1 aromatic rings. The fraction of sp³-hybridized carbons (Fsp3) is 0.647. The molecule has 2 fully saturated rings. The minimum Gasteiger partial charge on any atom is -0.370 e. The molecule has 0 unspecified atom stereocenters. The topological polar surface area (TPSA) is 63.7 Å². The number of carbonyl (C=O) groups excluding carboxylic acids is 1. The van der Waals surface area contributed by atoms with E-state index in [9.17, 15) is 4.79 Å². The summed E-state index contributed by atoms with van der Waals surface area (Å²) in [7, 11) is 0. The number of nitrogens with zero attached hydrogens (tertiary/aromatic N) is 2. The molecule has 1 spiro atoms. The van der Waals surface area contributed by atoms with Crippen molar-refractivity contribution in [2.45, 2.75) is 39.4 Å². The van der Waals surface area contributed by atoms with Crippen molar-refractivity contribution >= 4 is 17.4 Å². The van der Waals surface area contributed by atoms with Gasteiger partial charge in [0.25, 0.3) is 0 Å². The van der Waals surface area contributed by atoms with Crippen molar-refractivity contribution in [3.63, 3.8) is 0 Å². The van der Waals surface area contributed by atoms with E-state index in [4.69, 9.17) is 9.47 Å². The molecule has 0 bridgehead atoms. The summed E-state index contributed by atoms with van der Waals surface area (Å²) in [6, 6.07) is 3.85. The number of ether oxygens (including phenoxy) is 2. The summed E-state index contributed by atoms with van der Waals surface area (Å²) in [5.41, 5.74) is 0.634. The monoisotopic (exact) mass is 319 g/mol. The van der Waals surface area contributed by atoms with Crippen molar-refractivity contribution in [2.75, 3.05) is 36.5 Å². The Morgan fingerprint density at radius 1 is 1.22 bits per heavy atom. The van der Waals surface area contributed by atoms with E-state index in [0.29, 0.717) is 19.0 Å². The third kappa shape index (κ3) is 3.64. The maximum atomic E-state index is 12.0. The molecule has 0 aromatic carbocycles. The number of carbonyl (C=O) groups is 1.